The monoisotopic (exact) mass is 401 g/mol. The fraction of sp³-hybridized carbons (Fsp3) is 0.231. The predicted octanol–water partition coefficient (Wildman–Crippen LogP) is 4.78. The number of rotatable bonds is 11. The van der Waals surface area contributed by atoms with Crippen molar-refractivity contribution in [3.63, 3.8) is 0 Å². The molecule has 4 heteroatoms. The van der Waals surface area contributed by atoms with E-state index in [0.29, 0.717) is 19.6 Å². The van der Waals surface area contributed by atoms with Crippen molar-refractivity contribution in [2.45, 2.75) is 32.5 Å². The first-order chi connectivity index (χ1) is 14.7. The van der Waals surface area contributed by atoms with Crippen molar-refractivity contribution >= 4 is 11.8 Å². The fourth-order valence-electron chi connectivity index (χ4n) is 3.23. The highest BCUT2D eigenvalue weighted by Crippen LogP contribution is 2.11. The first-order valence-electron chi connectivity index (χ1n) is 10.2. The number of Topliss-reactive ketones (excluding diaryl/α,β-unsaturated/α-hetero) is 1. The smallest absolute Gasteiger partial charge is 0.306 e. The Balaban J connectivity index is 1.50. The molecule has 0 bridgehead atoms. The summed E-state index contributed by atoms with van der Waals surface area (Å²) in [4.78, 5) is 26.7. The quantitative estimate of drug-likeness (QED) is 0.434. The molecule has 0 N–H and O–H groups in total. The molecule has 0 spiro atoms. The lowest BCUT2D eigenvalue weighted by atomic mass is 10.1. The van der Waals surface area contributed by atoms with Crippen molar-refractivity contribution in [1.29, 1.82) is 0 Å². The number of carbonyl (C=O) groups excluding carboxylic acids is 2. The van der Waals surface area contributed by atoms with Crippen molar-refractivity contribution in [2.75, 3.05) is 6.54 Å². The summed E-state index contributed by atoms with van der Waals surface area (Å²) in [5.74, 6) is -0.302. The van der Waals surface area contributed by atoms with Crippen LogP contribution in [0.5, 0.6) is 0 Å². The lowest BCUT2D eigenvalue weighted by Gasteiger charge is -2.22. The maximum Gasteiger partial charge on any atom is 0.306 e. The van der Waals surface area contributed by atoms with Gasteiger partial charge in [0.2, 0.25) is 0 Å². The van der Waals surface area contributed by atoms with E-state index in [2.05, 4.69) is 29.2 Å². The van der Waals surface area contributed by atoms with E-state index in [4.69, 9.17) is 4.74 Å². The van der Waals surface area contributed by atoms with Crippen molar-refractivity contribution in [1.82, 2.24) is 4.90 Å². The highest BCUT2D eigenvalue weighted by atomic mass is 16.5. The summed E-state index contributed by atoms with van der Waals surface area (Å²) in [5.41, 5.74) is 3.25. The number of ether oxygens (including phenoxy) is 1. The molecular weight excluding hydrogens is 374 g/mol. The highest BCUT2D eigenvalue weighted by Gasteiger charge is 2.14. The Kier molecular flexibility index (Phi) is 8.36. The van der Waals surface area contributed by atoms with Crippen LogP contribution in [0, 0.1) is 0 Å². The molecule has 30 heavy (non-hydrogen) atoms. The van der Waals surface area contributed by atoms with Gasteiger partial charge in [0.15, 0.2) is 0 Å². The van der Waals surface area contributed by atoms with Crippen LogP contribution in [0.4, 0.5) is 0 Å². The second kappa shape index (κ2) is 11.7. The largest absolute Gasteiger partial charge is 0.461 e. The molecule has 3 rings (SSSR count). The number of hydrogen-bond donors (Lipinski definition) is 0. The van der Waals surface area contributed by atoms with Gasteiger partial charge < -0.3 is 4.74 Å². The third-order valence-electron chi connectivity index (χ3n) is 4.75. The molecule has 0 heterocycles. The van der Waals surface area contributed by atoms with E-state index < -0.39 is 0 Å². The average Bonchev–Trinajstić information content (AvgIpc) is 2.78. The van der Waals surface area contributed by atoms with Crippen LogP contribution in [-0.4, -0.2) is 23.2 Å². The summed E-state index contributed by atoms with van der Waals surface area (Å²) in [6, 6.07) is 29.7. The molecule has 154 valence electrons. The maximum absolute atomic E-state index is 12.6. The third kappa shape index (κ3) is 7.64. The molecule has 0 aliphatic rings. The second-order valence-electron chi connectivity index (χ2n) is 7.30. The number of ketones is 1. The SMILES string of the molecule is O=C(CCC(=O)OCc1ccccc1)CN(Cc1ccccc1)Cc1ccccc1. The van der Waals surface area contributed by atoms with E-state index in [-0.39, 0.29) is 31.2 Å². The standard InChI is InChI=1S/C26H27NO3/c28-25(16-17-26(29)30-21-24-14-8-3-9-15-24)20-27(18-22-10-4-1-5-11-22)19-23-12-6-2-7-13-23/h1-15H,16-21H2. The van der Waals surface area contributed by atoms with Gasteiger partial charge in [-0.25, -0.2) is 0 Å². The molecule has 3 aromatic carbocycles. The van der Waals surface area contributed by atoms with E-state index in [1.54, 1.807) is 0 Å². The van der Waals surface area contributed by atoms with E-state index >= 15 is 0 Å². The van der Waals surface area contributed by atoms with Gasteiger partial charge in [-0.1, -0.05) is 91.0 Å². The summed E-state index contributed by atoms with van der Waals surface area (Å²) in [6.45, 7) is 1.90. The Morgan fingerprint density at radius 1 is 0.633 bits per heavy atom. The highest BCUT2D eigenvalue weighted by molar-refractivity contribution is 5.84. The fourth-order valence-corrected chi connectivity index (χ4v) is 3.23. The number of carbonyl (C=O) groups is 2. The van der Waals surface area contributed by atoms with E-state index in [9.17, 15) is 9.59 Å². The second-order valence-corrected chi connectivity index (χ2v) is 7.30. The summed E-state index contributed by atoms with van der Waals surface area (Å²) >= 11 is 0. The summed E-state index contributed by atoms with van der Waals surface area (Å²) in [5, 5.41) is 0. The molecule has 0 fully saturated rings. The lowest BCUT2D eigenvalue weighted by Crippen LogP contribution is -2.29. The summed E-state index contributed by atoms with van der Waals surface area (Å²) < 4.78 is 5.27. The first-order valence-corrected chi connectivity index (χ1v) is 10.2. The van der Waals surface area contributed by atoms with Crippen LogP contribution in [0.15, 0.2) is 91.0 Å². The average molecular weight is 402 g/mol. The lowest BCUT2D eigenvalue weighted by molar-refractivity contribution is -0.146. The molecule has 0 amide bonds. The molecule has 0 saturated heterocycles. The van der Waals surface area contributed by atoms with Crippen molar-refractivity contribution in [2.24, 2.45) is 0 Å². The summed E-state index contributed by atoms with van der Waals surface area (Å²) in [7, 11) is 0. The van der Waals surface area contributed by atoms with Gasteiger partial charge in [0.25, 0.3) is 0 Å². The molecule has 0 atom stereocenters. The van der Waals surface area contributed by atoms with Gasteiger partial charge >= 0.3 is 5.97 Å². The van der Waals surface area contributed by atoms with E-state index in [0.717, 1.165) is 16.7 Å². The van der Waals surface area contributed by atoms with Crippen LogP contribution in [0.3, 0.4) is 0 Å². The Labute approximate surface area is 178 Å². The molecule has 0 aliphatic heterocycles. The minimum absolute atomic E-state index is 0.0403. The number of hydrogen-bond acceptors (Lipinski definition) is 4. The van der Waals surface area contributed by atoms with Gasteiger partial charge in [-0.05, 0) is 16.7 Å². The molecule has 0 radical (unpaired) electrons. The summed E-state index contributed by atoms with van der Waals surface area (Å²) in [6.07, 6.45) is 0.296. The number of nitrogens with zero attached hydrogens (tertiary/aromatic N) is 1. The third-order valence-corrected chi connectivity index (χ3v) is 4.75. The minimum Gasteiger partial charge on any atom is -0.461 e. The normalized spacial score (nSPS) is 10.7. The van der Waals surface area contributed by atoms with Crippen LogP contribution in [-0.2, 0) is 34.0 Å². The first kappa shape index (κ1) is 21.5. The van der Waals surface area contributed by atoms with E-state index in [1.807, 2.05) is 66.7 Å². The minimum atomic E-state index is -0.343. The Hall–Kier alpha value is -3.24. The molecule has 0 saturated carbocycles. The molecular formula is C26H27NO3. The van der Waals surface area contributed by atoms with Crippen molar-refractivity contribution in [3.8, 4) is 0 Å². The van der Waals surface area contributed by atoms with Crippen LogP contribution < -0.4 is 0 Å². The van der Waals surface area contributed by atoms with Gasteiger partial charge in [0, 0.05) is 19.5 Å². The van der Waals surface area contributed by atoms with Crippen molar-refractivity contribution < 1.29 is 14.3 Å². The zero-order valence-electron chi connectivity index (χ0n) is 17.1. The van der Waals surface area contributed by atoms with Gasteiger partial charge in [0.05, 0.1) is 13.0 Å². The number of esters is 1. The van der Waals surface area contributed by atoms with Gasteiger partial charge in [-0.2, -0.15) is 0 Å². The van der Waals surface area contributed by atoms with Gasteiger partial charge in [-0.3, -0.25) is 14.5 Å². The predicted molar refractivity (Wildman–Crippen MR) is 117 cm³/mol. The maximum atomic E-state index is 12.6. The zero-order valence-corrected chi connectivity index (χ0v) is 17.1. The molecule has 0 aromatic heterocycles. The van der Waals surface area contributed by atoms with Gasteiger partial charge in [-0.15, -0.1) is 0 Å². The van der Waals surface area contributed by atoms with Crippen LogP contribution in [0.2, 0.25) is 0 Å². The Morgan fingerprint density at radius 2 is 1.10 bits per heavy atom. The Morgan fingerprint density at radius 3 is 1.60 bits per heavy atom. The van der Waals surface area contributed by atoms with Crippen LogP contribution >= 0.6 is 0 Å². The van der Waals surface area contributed by atoms with Crippen molar-refractivity contribution in [3.05, 3.63) is 108 Å². The van der Waals surface area contributed by atoms with Crippen LogP contribution in [0.25, 0.3) is 0 Å². The van der Waals surface area contributed by atoms with Gasteiger partial charge in [0.1, 0.15) is 12.4 Å². The topological polar surface area (TPSA) is 46.6 Å². The van der Waals surface area contributed by atoms with E-state index in [1.165, 1.54) is 0 Å². The number of benzene rings is 3. The van der Waals surface area contributed by atoms with Crippen LogP contribution in [0.1, 0.15) is 29.5 Å². The Bertz CT molecular complexity index is 869. The molecule has 0 aliphatic carbocycles. The molecule has 3 aromatic rings. The zero-order chi connectivity index (χ0) is 21.0. The molecule has 4 nitrogen and oxygen atoms in total. The molecule has 0 unspecified atom stereocenters.